The summed E-state index contributed by atoms with van der Waals surface area (Å²) >= 11 is 0. The smallest absolute Gasteiger partial charge is 0.251 e. The van der Waals surface area contributed by atoms with Crippen LogP contribution in [0.5, 0.6) is 0 Å². The van der Waals surface area contributed by atoms with E-state index >= 15 is 0 Å². The van der Waals surface area contributed by atoms with Gasteiger partial charge in [-0.2, -0.15) is 9.37 Å². The largest absolute Gasteiger partial charge is 0.396 e. The molecule has 1 atom stereocenters. The summed E-state index contributed by atoms with van der Waals surface area (Å²) in [6.45, 7) is 1.76. The van der Waals surface area contributed by atoms with Crippen molar-refractivity contribution in [3.63, 3.8) is 0 Å². The lowest BCUT2D eigenvalue weighted by Gasteiger charge is -2.14. The van der Waals surface area contributed by atoms with Crippen LogP contribution < -0.4 is 5.32 Å². The Bertz CT molecular complexity index is 360. The number of anilines is 1. The highest BCUT2D eigenvalue weighted by molar-refractivity contribution is 5.37. The van der Waals surface area contributed by atoms with Crippen LogP contribution in [0.25, 0.3) is 0 Å². The molecule has 1 aromatic rings. The third kappa shape index (κ3) is 3.37. The van der Waals surface area contributed by atoms with Crippen molar-refractivity contribution in [1.82, 2.24) is 4.98 Å². The molecule has 0 radical (unpaired) electrons. The van der Waals surface area contributed by atoms with Crippen LogP contribution in [-0.4, -0.2) is 22.7 Å². The van der Waals surface area contributed by atoms with Gasteiger partial charge in [0, 0.05) is 18.7 Å². The molecule has 0 saturated heterocycles. The van der Waals surface area contributed by atoms with E-state index in [0.717, 1.165) is 0 Å². The second-order valence-corrected chi connectivity index (χ2v) is 3.50. The van der Waals surface area contributed by atoms with E-state index < -0.39 is 17.6 Å². The minimum atomic E-state index is -1.33. The van der Waals surface area contributed by atoms with Crippen LogP contribution in [0.4, 0.5) is 19.0 Å². The Morgan fingerprint density at radius 2 is 2.06 bits per heavy atom. The first-order chi connectivity index (χ1) is 7.54. The number of aliphatic hydroxyl groups excluding tert-OH is 1. The monoisotopic (exact) mass is 234 g/mol. The molecule has 0 bridgehead atoms. The zero-order valence-electron chi connectivity index (χ0n) is 8.80. The van der Waals surface area contributed by atoms with E-state index in [1.54, 1.807) is 6.92 Å². The Morgan fingerprint density at radius 3 is 2.69 bits per heavy atom. The van der Waals surface area contributed by atoms with Crippen molar-refractivity contribution >= 4 is 5.82 Å². The highest BCUT2D eigenvalue weighted by atomic mass is 19.2. The summed E-state index contributed by atoms with van der Waals surface area (Å²) < 4.78 is 38.4. The van der Waals surface area contributed by atoms with Crippen LogP contribution >= 0.6 is 0 Å². The Labute approximate surface area is 91.3 Å². The first-order valence-corrected chi connectivity index (χ1v) is 4.93. The van der Waals surface area contributed by atoms with Crippen molar-refractivity contribution in [1.29, 1.82) is 0 Å². The van der Waals surface area contributed by atoms with Crippen LogP contribution in [0, 0.1) is 17.6 Å². The average Bonchev–Trinajstić information content (AvgIpc) is 2.23. The molecule has 0 aliphatic rings. The number of halogens is 3. The van der Waals surface area contributed by atoms with E-state index in [0.29, 0.717) is 18.9 Å². The molecule has 0 fully saturated rings. The summed E-state index contributed by atoms with van der Waals surface area (Å²) in [5.74, 6) is -3.90. The Morgan fingerprint density at radius 1 is 1.38 bits per heavy atom. The first kappa shape index (κ1) is 12.8. The van der Waals surface area contributed by atoms with Crippen molar-refractivity contribution in [2.45, 2.75) is 25.8 Å². The van der Waals surface area contributed by atoms with Gasteiger partial charge in [0.25, 0.3) is 5.95 Å². The molecular weight excluding hydrogens is 221 g/mol. The van der Waals surface area contributed by atoms with Crippen molar-refractivity contribution in [3.8, 4) is 0 Å². The maximum absolute atomic E-state index is 13.1. The van der Waals surface area contributed by atoms with Gasteiger partial charge in [-0.1, -0.05) is 0 Å². The lowest BCUT2D eigenvalue weighted by Crippen LogP contribution is -2.18. The molecule has 0 amide bonds. The molecule has 0 aromatic carbocycles. The van der Waals surface area contributed by atoms with Crippen LogP contribution in [0.15, 0.2) is 6.07 Å². The third-order valence-electron chi connectivity index (χ3n) is 2.07. The van der Waals surface area contributed by atoms with Gasteiger partial charge >= 0.3 is 0 Å². The third-order valence-corrected chi connectivity index (χ3v) is 2.07. The zero-order chi connectivity index (χ0) is 12.1. The first-order valence-electron chi connectivity index (χ1n) is 4.93. The molecule has 2 N–H and O–H groups in total. The van der Waals surface area contributed by atoms with Crippen LogP contribution in [0.3, 0.4) is 0 Å². The number of aromatic nitrogens is 1. The maximum Gasteiger partial charge on any atom is 0.251 e. The number of aliphatic hydroxyl groups is 1. The molecule has 6 heteroatoms. The minimum absolute atomic E-state index is 0.0275. The fraction of sp³-hybridized carbons (Fsp3) is 0.500. The van der Waals surface area contributed by atoms with Crippen molar-refractivity contribution < 1.29 is 18.3 Å². The zero-order valence-corrected chi connectivity index (χ0v) is 8.80. The summed E-state index contributed by atoms with van der Waals surface area (Å²) in [4.78, 5) is 3.13. The number of nitrogens with one attached hydrogen (secondary N) is 1. The number of nitrogens with zero attached hydrogens (tertiary/aromatic N) is 1. The molecule has 1 rings (SSSR count). The molecule has 3 nitrogen and oxygen atoms in total. The van der Waals surface area contributed by atoms with Gasteiger partial charge in [0.05, 0.1) is 0 Å². The maximum atomic E-state index is 13.1. The van der Waals surface area contributed by atoms with Crippen molar-refractivity contribution in [2.75, 3.05) is 11.9 Å². The summed E-state index contributed by atoms with van der Waals surface area (Å²) in [6.07, 6.45) is 1.12. The number of pyridine rings is 1. The number of hydrogen-bond donors (Lipinski definition) is 2. The van der Waals surface area contributed by atoms with E-state index in [1.165, 1.54) is 0 Å². The second-order valence-electron chi connectivity index (χ2n) is 3.50. The van der Waals surface area contributed by atoms with Gasteiger partial charge in [-0.05, 0) is 19.8 Å². The van der Waals surface area contributed by atoms with E-state index in [4.69, 9.17) is 5.11 Å². The Kier molecular flexibility index (Phi) is 4.54. The highest BCUT2D eigenvalue weighted by Gasteiger charge is 2.13. The number of hydrogen-bond acceptors (Lipinski definition) is 3. The molecular formula is C10H13F3N2O. The lowest BCUT2D eigenvalue weighted by molar-refractivity contribution is 0.282. The summed E-state index contributed by atoms with van der Waals surface area (Å²) in [6, 6.07) is 0.266. The SMILES string of the molecule is CC(CCCO)Nc1nc(F)c(F)cc1F. The van der Waals surface area contributed by atoms with Gasteiger partial charge in [0.1, 0.15) is 0 Å². The lowest BCUT2D eigenvalue weighted by atomic mass is 10.2. The molecule has 0 saturated carbocycles. The molecule has 0 spiro atoms. The van der Waals surface area contributed by atoms with Crippen molar-refractivity contribution in [3.05, 3.63) is 23.6 Å². The molecule has 16 heavy (non-hydrogen) atoms. The predicted octanol–water partition coefficient (Wildman–Crippen LogP) is 2.07. The summed E-state index contributed by atoms with van der Waals surface area (Å²) in [5.41, 5.74) is 0. The molecule has 0 aliphatic heterocycles. The Balaban J connectivity index is 2.69. The topological polar surface area (TPSA) is 45.1 Å². The minimum Gasteiger partial charge on any atom is -0.396 e. The fourth-order valence-electron chi connectivity index (χ4n) is 1.25. The van der Waals surface area contributed by atoms with Gasteiger partial charge in [-0.15, -0.1) is 0 Å². The second kappa shape index (κ2) is 5.69. The Hall–Kier alpha value is -1.30. The molecule has 90 valence electrons. The predicted molar refractivity (Wildman–Crippen MR) is 53.5 cm³/mol. The standard InChI is InChI=1S/C10H13F3N2O/c1-6(3-2-4-16)14-10-8(12)5-7(11)9(13)15-10/h5-6,16H,2-4H2,1H3,(H,14,15). The van der Waals surface area contributed by atoms with Crippen LogP contribution in [-0.2, 0) is 0 Å². The van der Waals surface area contributed by atoms with E-state index in [9.17, 15) is 13.2 Å². The highest BCUT2D eigenvalue weighted by Crippen LogP contribution is 2.16. The molecule has 1 heterocycles. The van der Waals surface area contributed by atoms with Gasteiger partial charge in [0.15, 0.2) is 17.5 Å². The fourth-order valence-corrected chi connectivity index (χ4v) is 1.25. The van der Waals surface area contributed by atoms with Crippen molar-refractivity contribution in [2.24, 2.45) is 0 Å². The van der Waals surface area contributed by atoms with Gasteiger partial charge in [0.2, 0.25) is 0 Å². The number of rotatable bonds is 5. The van der Waals surface area contributed by atoms with E-state index in [1.807, 2.05) is 0 Å². The van der Waals surface area contributed by atoms with Crippen LogP contribution in [0.1, 0.15) is 19.8 Å². The average molecular weight is 234 g/mol. The van der Waals surface area contributed by atoms with Gasteiger partial charge in [-0.25, -0.2) is 8.78 Å². The van der Waals surface area contributed by atoms with Gasteiger partial charge < -0.3 is 10.4 Å². The van der Waals surface area contributed by atoms with E-state index in [2.05, 4.69) is 10.3 Å². The van der Waals surface area contributed by atoms with Gasteiger partial charge in [-0.3, -0.25) is 0 Å². The molecule has 1 unspecified atom stereocenters. The molecule has 0 aliphatic carbocycles. The summed E-state index contributed by atoms with van der Waals surface area (Å²) in [7, 11) is 0. The van der Waals surface area contributed by atoms with E-state index in [-0.39, 0.29) is 18.5 Å². The normalized spacial score (nSPS) is 12.6. The summed E-state index contributed by atoms with van der Waals surface area (Å²) in [5, 5.41) is 11.2. The molecule has 1 aromatic heterocycles. The van der Waals surface area contributed by atoms with Crippen LogP contribution in [0.2, 0.25) is 0 Å². The quantitative estimate of drug-likeness (QED) is 0.766.